The van der Waals surface area contributed by atoms with Crippen LogP contribution in [0, 0.1) is 20.8 Å². The lowest BCUT2D eigenvalue weighted by Gasteiger charge is -2.13. The predicted molar refractivity (Wildman–Crippen MR) is 100 cm³/mol. The number of fused-ring (bicyclic) bond motifs is 1. The van der Waals surface area contributed by atoms with Gasteiger partial charge in [0.25, 0.3) is 6.33 Å². The summed E-state index contributed by atoms with van der Waals surface area (Å²) in [5.74, 6) is 0. The number of aryl methyl sites for hydroxylation is 3. The fraction of sp³-hybridized carbons (Fsp3) is 0.227. The molecule has 0 N–H and O–H groups in total. The number of hydrogen-bond donors (Lipinski definition) is 0. The summed E-state index contributed by atoms with van der Waals surface area (Å²) in [5.41, 5.74) is 11.2. The van der Waals surface area contributed by atoms with Crippen molar-refractivity contribution in [2.24, 2.45) is 7.05 Å². The third-order valence-corrected chi connectivity index (χ3v) is 5.09. The monoisotopic (exact) mass is 328 g/mol. The van der Waals surface area contributed by atoms with Crippen LogP contribution in [-0.2, 0) is 13.5 Å². The van der Waals surface area contributed by atoms with E-state index in [1.54, 1.807) is 0 Å². The molecule has 0 spiro atoms. The Bertz CT molecular complexity index is 1000. The van der Waals surface area contributed by atoms with E-state index in [0.717, 1.165) is 17.7 Å². The predicted octanol–water partition coefficient (Wildman–Crippen LogP) is 3.88. The number of rotatable bonds is 2. The van der Waals surface area contributed by atoms with Gasteiger partial charge in [0.2, 0.25) is 0 Å². The lowest BCUT2D eigenvalue weighted by Crippen LogP contribution is -2.33. The highest BCUT2D eigenvalue weighted by molar-refractivity contribution is 5.85. The van der Waals surface area contributed by atoms with E-state index in [1.165, 1.54) is 39.1 Å². The Morgan fingerprint density at radius 1 is 1.12 bits per heavy atom. The van der Waals surface area contributed by atoms with Crippen LogP contribution in [0.4, 0.5) is 0 Å². The molecule has 3 aromatic rings. The van der Waals surface area contributed by atoms with Crippen molar-refractivity contribution in [1.29, 1.82) is 0 Å². The molecule has 2 aromatic heterocycles. The van der Waals surface area contributed by atoms with E-state index < -0.39 is 0 Å². The normalized spacial score (nSPS) is 12.9. The molecule has 1 aliphatic rings. The fourth-order valence-electron chi connectivity index (χ4n) is 3.75. The van der Waals surface area contributed by atoms with E-state index in [-0.39, 0.29) is 0 Å². The maximum absolute atomic E-state index is 4.74. The SMILES string of the molecule is Cc1cc(C)c(C)c(-c2c3c(nc[n+]2C)C(c2cccnc2)=CC3)c1. The summed E-state index contributed by atoms with van der Waals surface area (Å²) in [5, 5.41) is 0. The summed E-state index contributed by atoms with van der Waals surface area (Å²) in [6.45, 7) is 6.56. The Labute approximate surface area is 148 Å². The molecule has 124 valence electrons. The average molecular weight is 328 g/mol. The maximum atomic E-state index is 4.74. The summed E-state index contributed by atoms with van der Waals surface area (Å²) in [6, 6.07) is 8.62. The van der Waals surface area contributed by atoms with Crippen LogP contribution in [0.15, 0.2) is 49.1 Å². The summed E-state index contributed by atoms with van der Waals surface area (Å²) < 4.78 is 2.15. The first-order valence-corrected chi connectivity index (χ1v) is 8.63. The highest BCUT2D eigenvalue weighted by Crippen LogP contribution is 2.36. The maximum Gasteiger partial charge on any atom is 0.287 e. The number of pyridine rings is 1. The highest BCUT2D eigenvalue weighted by Gasteiger charge is 2.29. The van der Waals surface area contributed by atoms with Crippen molar-refractivity contribution in [1.82, 2.24) is 9.97 Å². The summed E-state index contributed by atoms with van der Waals surface area (Å²) in [6.07, 6.45) is 8.83. The minimum Gasteiger partial charge on any atom is -0.264 e. The minimum absolute atomic E-state index is 0.906. The van der Waals surface area contributed by atoms with E-state index in [4.69, 9.17) is 4.98 Å². The molecule has 1 aliphatic carbocycles. The Balaban J connectivity index is 1.93. The molecule has 25 heavy (non-hydrogen) atoms. The Kier molecular flexibility index (Phi) is 3.72. The molecule has 0 fully saturated rings. The van der Waals surface area contributed by atoms with Crippen LogP contribution in [0.3, 0.4) is 0 Å². The molecule has 0 saturated carbocycles. The van der Waals surface area contributed by atoms with Crippen LogP contribution in [0.25, 0.3) is 16.8 Å². The first-order valence-electron chi connectivity index (χ1n) is 8.63. The second-order valence-electron chi connectivity index (χ2n) is 6.85. The van der Waals surface area contributed by atoms with Gasteiger partial charge in [0.1, 0.15) is 5.69 Å². The molecule has 3 nitrogen and oxygen atoms in total. The van der Waals surface area contributed by atoms with Gasteiger partial charge in [0.05, 0.1) is 12.6 Å². The van der Waals surface area contributed by atoms with Crippen molar-refractivity contribution in [2.45, 2.75) is 27.2 Å². The van der Waals surface area contributed by atoms with Gasteiger partial charge in [-0.1, -0.05) is 23.8 Å². The number of nitrogens with zero attached hydrogens (tertiary/aromatic N) is 3. The third-order valence-electron chi connectivity index (χ3n) is 5.09. The van der Waals surface area contributed by atoms with Gasteiger partial charge in [-0.15, -0.1) is 0 Å². The van der Waals surface area contributed by atoms with E-state index in [2.05, 4.69) is 61.6 Å². The van der Waals surface area contributed by atoms with Gasteiger partial charge in [-0.2, -0.15) is 0 Å². The zero-order chi connectivity index (χ0) is 17.6. The fourth-order valence-corrected chi connectivity index (χ4v) is 3.75. The number of allylic oxidation sites excluding steroid dienone is 1. The summed E-state index contributed by atoms with van der Waals surface area (Å²) >= 11 is 0. The lowest BCUT2D eigenvalue weighted by atomic mass is 9.94. The van der Waals surface area contributed by atoms with Crippen LogP contribution in [0.5, 0.6) is 0 Å². The van der Waals surface area contributed by atoms with E-state index in [9.17, 15) is 0 Å². The second-order valence-corrected chi connectivity index (χ2v) is 6.85. The Morgan fingerprint density at radius 2 is 1.96 bits per heavy atom. The number of hydrogen-bond acceptors (Lipinski definition) is 2. The van der Waals surface area contributed by atoms with Gasteiger partial charge in [-0.25, -0.2) is 4.57 Å². The van der Waals surface area contributed by atoms with Gasteiger partial charge < -0.3 is 0 Å². The van der Waals surface area contributed by atoms with Crippen molar-refractivity contribution in [3.63, 3.8) is 0 Å². The van der Waals surface area contributed by atoms with Crippen molar-refractivity contribution >= 4 is 5.57 Å². The highest BCUT2D eigenvalue weighted by atomic mass is 15.0. The lowest BCUT2D eigenvalue weighted by molar-refractivity contribution is -0.663. The molecule has 1 aromatic carbocycles. The van der Waals surface area contributed by atoms with Crippen LogP contribution < -0.4 is 4.57 Å². The van der Waals surface area contributed by atoms with Crippen LogP contribution >= 0.6 is 0 Å². The molecular formula is C22H22N3+. The van der Waals surface area contributed by atoms with Crippen LogP contribution in [-0.4, -0.2) is 9.97 Å². The smallest absolute Gasteiger partial charge is 0.264 e. The first kappa shape index (κ1) is 15.7. The van der Waals surface area contributed by atoms with Gasteiger partial charge in [-0.05, 0) is 49.0 Å². The molecule has 0 bridgehead atoms. The molecule has 4 rings (SSSR count). The molecule has 0 radical (unpaired) electrons. The Morgan fingerprint density at radius 3 is 2.72 bits per heavy atom. The van der Waals surface area contributed by atoms with E-state index in [1.807, 2.05) is 24.8 Å². The Hall–Kier alpha value is -2.81. The van der Waals surface area contributed by atoms with Crippen LogP contribution in [0.2, 0.25) is 0 Å². The zero-order valence-corrected chi connectivity index (χ0v) is 15.2. The van der Waals surface area contributed by atoms with Gasteiger partial charge >= 0.3 is 0 Å². The van der Waals surface area contributed by atoms with Crippen molar-refractivity contribution < 1.29 is 4.57 Å². The van der Waals surface area contributed by atoms with E-state index >= 15 is 0 Å². The summed E-state index contributed by atoms with van der Waals surface area (Å²) in [7, 11) is 2.09. The van der Waals surface area contributed by atoms with E-state index in [0.29, 0.717) is 0 Å². The van der Waals surface area contributed by atoms with Gasteiger partial charge in [0.15, 0.2) is 5.69 Å². The number of aromatic nitrogens is 3. The molecule has 0 atom stereocenters. The first-order chi connectivity index (χ1) is 12.1. The van der Waals surface area contributed by atoms with Crippen molar-refractivity contribution in [3.05, 3.63) is 82.6 Å². The largest absolute Gasteiger partial charge is 0.287 e. The van der Waals surface area contributed by atoms with Crippen molar-refractivity contribution in [2.75, 3.05) is 0 Å². The van der Waals surface area contributed by atoms with Crippen LogP contribution in [0.1, 0.15) is 33.5 Å². The third kappa shape index (κ3) is 2.56. The standard InChI is InChI=1S/C22H22N3/c1-14-10-15(2)16(3)20(11-14)22-19-8-7-18(17-6-5-9-23-12-17)21(19)24-13-25(22)4/h5-7,9-13H,8H2,1-4H3/q+1. The molecular weight excluding hydrogens is 306 g/mol. The van der Waals surface area contributed by atoms with Gasteiger partial charge in [0, 0.05) is 35.5 Å². The van der Waals surface area contributed by atoms with Crippen molar-refractivity contribution in [3.8, 4) is 11.3 Å². The summed E-state index contributed by atoms with van der Waals surface area (Å²) in [4.78, 5) is 9.01. The molecule has 0 amide bonds. The molecule has 3 heteroatoms. The van der Waals surface area contributed by atoms with Gasteiger partial charge in [-0.3, -0.25) is 4.98 Å². The number of benzene rings is 1. The molecule has 2 heterocycles. The molecule has 0 aliphatic heterocycles. The quantitative estimate of drug-likeness (QED) is 0.668. The minimum atomic E-state index is 0.906. The zero-order valence-electron chi connectivity index (χ0n) is 15.2. The molecule has 0 unspecified atom stereocenters. The topological polar surface area (TPSA) is 29.7 Å². The average Bonchev–Trinajstić information content (AvgIpc) is 3.03. The molecule has 0 saturated heterocycles. The second kappa shape index (κ2) is 5.92.